The Morgan fingerprint density at radius 1 is 1.28 bits per heavy atom. The van der Waals surface area contributed by atoms with E-state index in [-0.39, 0.29) is 5.54 Å². The zero-order valence-corrected chi connectivity index (χ0v) is 12.0. The van der Waals surface area contributed by atoms with E-state index < -0.39 is 0 Å². The Hall–Kier alpha value is -0.570. The van der Waals surface area contributed by atoms with Gasteiger partial charge in [0.2, 0.25) is 5.91 Å². The van der Waals surface area contributed by atoms with E-state index in [0.717, 1.165) is 32.4 Å². The highest BCUT2D eigenvalue weighted by Gasteiger charge is 2.39. The van der Waals surface area contributed by atoms with E-state index in [1.165, 1.54) is 32.1 Å². The molecule has 1 amide bonds. The summed E-state index contributed by atoms with van der Waals surface area (Å²) in [5.74, 6) is 1.06. The molecule has 0 bridgehead atoms. The molecule has 1 saturated heterocycles. The molecule has 2 rings (SSSR count). The lowest BCUT2D eigenvalue weighted by Gasteiger charge is -2.36. The van der Waals surface area contributed by atoms with E-state index >= 15 is 0 Å². The van der Waals surface area contributed by atoms with E-state index in [0.29, 0.717) is 11.8 Å². The molecule has 1 heterocycles. The highest BCUT2D eigenvalue weighted by molar-refractivity contribution is 5.77. The molecule has 3 heteroatoms. The monoisotopic (exact) mass is 252 g/mol. The summed E-state index contributed by atoms with van der Waals surface area (Å²) in [5, 5.41) is 3.24. The number of carbonyl (C=O) groups is 1. The lowest BCUT2D eigenvalue weighted by Crippen LogP contribution is -2.51. The number of carbonyl (C=O) groups excluding carboxylic acids is 1. The molecule has 1 aliphatic carbocycles. The van der Waals surface area contributed by atoms with E-state index in [1.807, 2.05) is 7.05 Å². The average molecular weight is 252 g/mol. The van der Waals surface area contributed by atoms with Crippen LogP contribution < -0.4 is 5.32 Å². The fourth-order valence-electron chi connectivity index (χ4n) is 3.76. The Balaban J connectivity index is 1.90. The van der Waals surface area contributed by atoms with Gasteiger partial charge in [0, 0.05) is 19.5 Å². The van der Waals surface area contributed by atoms with Crippen molar-refractivity contribution in [2.75, 3.05) is 20.1 Å². The number of rotatable bonds is 4. The van der Waals surface area contributed by atoms with Crippen molar-refractivity contribution in [3.8, 4) is 0 Å². The van der Waals surface area contributed by atoms with E-state index in [2.05, 4.69) is 17.1 Å². The normalized spacial score (nSPS) is 29.8. The van der Waals surface area contributed by atoms with Crippen molar-refractivity contribution in [3.63, 3.8) is 0 Å². The van der Waals surface area contributed by atoms with Crippen LogP contribution in [-0.2, 0) is 4.79 Å². The summed E-state index contributed by atoms with van der Waals surface area (Å²) in [4.78, 5) is 14.7. The van der Waals surface area contributed by atoms with Crippen molar-refractivity contribution >= 4 is 5.91 Å². The van der Waals surface area contributed by atoms with Crippen LogP contribution in [0, 0.1) is 5.92 Å². The van der Waals surface area contributed by atoms with Crippen LogP contribution in [0.4, 0.5) is 0 Å². The molecule has 0 aromatic rings. The lowest BCUT2D eigenvalue weighted by molar-refractivity contribution is -0.136. The van der Waals surface area contributed by atoms with Gasteiger partial charge in [-0.1, -0.05) is 19.3 Å². The second kappa shape index (κ2) is 6.05. The number of likely N-dealkylation sites (N-methyl/N-ethyl adjacent to an activating group) is 1. The van der Waals surface area contributed by atoms with Crippen LogP contribution >= 0.6 is 0 Å². The maximum atomic E-state index is 12.5. The first-order chi connectivity index (χ1) is 8.65. The summed E-state index contributed by atoms with van der Waals surface area (Å²) >= 11 is 0. The van der Waals surface area contributed by atoms with Gasteiger partial charge in [-0.05, 0) is 45.6 Å². The van der Waals surface area contributed by atoms with E-state index in [4.69, 9.17) is 0 Å². The van der Waals surface area contributed by atoms with Crippen LogP contribution in [0.5, 0.6) is 0 Å². The minimum atomic E-state index is 0.0561. The molecule has 0 spiro atoms. The zero-order valence-electron chi connectivity index (χ0n) is 12.0. The van der Waals surface area contributed by atoms with Gasteiger partial charge in [-0.15, -0.1) is 0 Å². The molecule has 1 atom stereocenters. The Bertz CT molecular complexity index is 286. The first kappa shape index (κ1) is 13.9. The SMILES string of the molecule is CNCC1(C)CCCN1C(=O)CC1CCCCC1. The Morgan fingerprint density at radius 2 is 2.00 bits per heavy atom. The van der Waals surface area contributed by atoms with Gasteiger partial charge >= 0.3 is 0 Å². The van der Waals surface area contributed by atoms with Crippen molar-refractivity contribution in [1.82, 2.24) is 10.2 Å². The molecular formula is C15H28N2O. The predicted molar refractivity (Wildman–Crippen MR) is 74.5 cm³/mol. The van der Waals surface area contributed by atoms with Crippen molar-refractivity contribution < 1.29 is 4.79 Å². The Labute approximate surface area is 111 Å². The largest absolute Gasteiger partial charge is 0.336 e. The van der Waals surface area contributed by atoms with Gasteiger partial charge in [0.15, 0.2) is 0 Å². The topological polar surface area (TPSA) is 32.3 Å². The molecule has 1 N–H and O–H groups in total. The fraction of sp³-hybridized carbons (Fsp3) is 0.933. The summed E-state index contributed by atoms with van der Waals surface area (Å²) in [6.45, 7) is 4.11. The summed E-state index contributed by atoms with van der Waals surface area (Å²) in [6.07, 6.45) is 9.64. The smallest absolute Gasteiger partial charge is 0.223 e. The molecule has 1 saturated carbocycles. The van der Waals surface area contributed by atoms with Crippen molar-refractivity contribution in [2.45, 2.75) is 63.8 Å². The standard InChI is InChI=1S/C15H28N2O/c1-15(12-16-2)9-6-10-17(15)14(18)11-13-7-4-3-5-8-13/h13,16H,3-12H2,1-2H3. The predicted octanol–water partition coefficient (Wildman–Crippen LogP) is 2.56. The average Bonchev–Trinajstić information content (AvgIpc) is 2.73. The van der Waals surface area contributed by atoms with Gasteiger partial charge in [0.25, 0.3) is 0 Å². The highest BCUT2D eigenvalue weighted by Crippen LogP contribution is 2.32. The third kappa shape index (κ3) is 3.05. The molecule has 0 aromatic heterocycles. The van der Waals surface area contributed by atoms with Gasteiger partial charge in [0.05, 0.1) is 5.54 Å². The molecule has 2 fully saturated rings. The number of nitrogens with one attached hydrogen (secondary N) is 1. The van der Waals surface area contributed by atoms with Crippen LogP contribution in [0.25, 0.3) is 0 Å². The van der Waals surface area contributed by atoms with Gasteiger partial charge in [-0.2, -0.15) is 0 Å². The molecule has 1 unspecified atom stereocenters. The minimum Gasteiger partial charge on any atom is -0.336 e. The van der Waals surface area contributed by atoms with Crippen LogP contribution in [-0.4, -0.2) is 36.5 Å². The molecule has 104 valence electrons. The maximum absolute atomic E-state index is 12.5. The van der Waals surface area contributed by atoms with Gasteiger partial charge < -0.3 is 10.2 Å². The second-order valence-corrected chi connectivity index (χ2v) is 6.38. The zero-order chi connectivity index (χ0) is 13.0. The summed E-state index contributed by atoms with van der Waals surface area (Å²) in [6, 6.07) is 0. The third-order valence-corrected chi connectivity index (χ3v) is 4.80. The van der Waals surface area contributed by atoms with Crippen molar-refractivity contribution in [1.29, 1.82) is 0 Å². The first-order valence-corrected chi connectivity index (χ1v) is 7.61. The molecule has 1 aliphatic heterocycles. The Morgan fingerprint density at radius 3 is 2.67 bits per heavy atom. The maximum Gasteiger partial charge on any atom is 0.223 e. The number of hydrogen-bond acceptors (Lipinski definition) is 2. The highest BCUT2D eigenvalue weighted by atomic mass is 16.2. The van der Waals surface area contributed by atoms with Crippen LogP contribution in [0.2, 0.25) is 0 Å². The second-order valence-electron chi connectivity index (χ2n) is 6.38. The third-order valence-electron chi connectivity index (χ3n) is 4.80. The summed E-state index contributed by atoms with van der Waals surface area (Å²) in [5.41, 5.74) is 0.0561. The van der Waals surface area contributed by atoms with Gasteiger partial charge in [-0.25, -0.2) is 0 Å². The molecule has 18 heavy (non-hydrogen) atoms. The number of amides is 1. The minimum absolute atomic E-state index is 0.0561. The molecular weight excluding hydrogens is 224 g/mol. The van der Waals surface area contributed by atoms with E-state index in [1.54, 1.807) is 0 Å². The number of likely N-dealkylation sites (tertiary alicyclic amines) is 1. The van der Waals surface area contributed by atoms with Crippen LogP contribution in [0.3, 0.4) is 0 Å². The van der Waals surface area contributed by atoms with Crippen LogP contribution in [0.15, 0.2) is 0 Å². The lowest BCUT2D eigenvalue weighted by atomic mass is 9.86. The molecule has 0 radical (unpaired) electrons. The van der Waals surface area contributed by atoms with Crippen molar-refractivity contribution in [2.24, 2.45) is 5.92 Å². The van der Waals surface area contributed by atoms with Gasteiger partial charge in [-0.3, -0.25) is 4.79 Å². The Kier molecular flexibility index (Phi) is 4.66. The molecule has 3 nitrogen and oxygen atoms in total. The molecule has 2 aliphatic rings. The first-order valence-electron chi connectivity index (χ1n) is 7.61. The number of hydrogen-bond donors (Lipinski definition) is 1. The number of nitrogens with zero attached hydrogens (tertiary/aromatic N) is 1. The fourth-order valence-corrected chi connectivity index (χ4v) is 3.76. The van der Waals surface area contributed by atoms with Gasteiger partial charge in [0.1, 0.15) is 0 Å². The van der Waals surface area contributed by atoms with E-state index in [9.17, 15) is 4.79 Å². The molecule has 0 aromatic carbocycles. The summed E-state index contributed by atoms with van der Waals surface area (Å²) < 4.78 is 0. The summed E-state index contributed by atoms with van der Waals surface area (Å²) in [7, 11) is 1.98. The van der Waals surface area contributed by atoms with Crippen LogP contribution in [0.1, 0.15) is 58.3 Å². The van der Waals surface area contributed by atoms with Crippen molar-refractivity contribution in [3.05, 3.63) is 0 Å². The quantitative estimate of drug-likeness (QED) is 0.834.